The van der Waals surface area contributed by atoms with Crippen molar-refractivity contribution in [2.75, 3.05) is 0 Å². The monoisotopic (exact) mass is 250 g/mol. The van der Waals surface area contributed by atoms with Crippen LogP contribution in [-0.4, -0.2) is 11.9 Å². The predicted octanol–water partition coefficient (Wildman–Crippen LogP) is 2.13. The molecule has 1 saturated carbocycles. The summed E-state index contributed by atoms with van der Waals surface area (Å²) in [5, 5.41) is 2.92. The molecule has 0 spiro atoms. The first kappa shape index (κ1) is 13.0. The molecule has 1 aromatic carbocycles. The van der Waals surface area contributed by atoms with Crippen molar-refractivity contribution in [3.8, 4) is 0 Å². The fourth-order valence-electron chi connectivity index (χ4n) is 2.45. The van der Waals surface area contributed by atoms with Crippen LogP contribution in [0.3, 0.4) is 0 Å². The lowest BCUT2D eigenvalue weighted by atomic mass is 10.0. The van der Waals surface area contributed by atoms with Gasteiger partial charge in [-0.15, -0.1) is 0 Å². The van der Waals surface area contributed by atoms with Gasteiger partial charge in [0.15, 0.2) is 0 Å². The second-order valence-electron chi connectivity index (χ2n) is 5.06. The van der Waals surface area contributed by atoms with Gasteiger partial charge in [0.1, 0.15) is 5.82 Å². The molecule has 1 amide bonds. The lowest BCUT2D eigenvalue weighted by molar-refractivity contribution is -0.125. The van der Waals surface area contributed by atoms with Crippen molar-refractivity contribution in [1.82, 2.24) is 5.32 Å². The molecule has 3 unspecified atom stereocenters. The molecule has 1 fully saturated rings. The summed E-state index contributed by atoms with van der Waals surface area (Å²) in [6.07, 6.45) is 2.51. The van der Waals surface area contributed by atoms with E-state index in [1.54, 1.807) is 6.07 Å². The molecule has 3 nitrogen and oxygen atoms in total. The Labute approximate surface area is 107 Å². The van der Waals surface area contributed by atoms with Crippen LogP contribution in [0.1, 0.15) is 37.8 Å². The molecule has 0 heterocycles. The minimum atomic E-state index is -0.281. The molecule has 3 atom stereocenters. The minimum Gasteiger partial charge on any atom is -0.349 e. The molecule has 18 heavy (non-hydrogen) atoms. The Morgan fingerprint density at radius 2 is 2.28 bits per heavy atom. The molecule has 1 aliphatic rings. The second-order valence-corrected chi connectivity index (χ2v) is 5.06. The first-order valence-electron chi connectivity index (χ1n) is 6.37. The second kappa shape index (κ2) is 5.48. The number of rotatable bonds is 3. The van der Waals surface area contributed by atoms with E-state index in [-0.39, 0.29) is 29.7 Å². The van der Waals surface area contributed by atoms with E-state index in [9.17, 15) is 9.18 Å². The van der Waals surface area contributed by atoms with Crippen molar-refractivity contribution in [2.24, 2.45) is 11.7 Å². The Bertz CT molecular complexity index is 436. The van der Waals surface area contributed by atoms with Crippen molar-refractivity contribution >= 4 is 5.91 Å². The number of carbonyl (C=O) groups is 1. The van der Waals surface area contributed by atoms with Gasteiger partial charge >= 0.3 is 0 Å². The number of carbonyl (C=O) groups excluding carboxylic acids is 1. The van der Waals surface area contributed by atoms with Crippen LogP contribution in [0, 0.1) is 11.7 Å². The number of nitrogens with two attached hydrogens (primary N) is 1. The standard InChI is InChI=1S/C14H19FN2O/c1-9(10-3-2-4-12(15)7-10)17-14(18)11-5-6-13(16)8-11/h2-4,7,9,11,13H,5-6,8,16H2,1H3,(H,17,18). The molecule has 0 aliphatic heterocycles. The molecule has 0 radical (unpaired) electrons. The van der Waals surface area contributed by atoms with Gasteiger partial charge in [0.2, 0.25) is 5.91 Å². The van der Waals surface area contributed by atoms with E-state index in [1.807, 2.05) is 13.0 Å². The summed E-state index contributed by atoms with van der Waals surface area (Å²) in [6.45, 7) is 1.86. The highest BCUT2D eigenvalue weighted by Gasteiger charge is 2.28. The maximum absolute atomic E-state index is 13.1. The molecular formula is C14H19FN2O. The number of hydrogen-bond donors (Lipinski definition) is 2. The summed E-state index contributed by atoms with van der Waals surface area (Å²) in [4.78, 5) is 12.0. The zero-order chi connectivity index (χ0) is 13.1. The summed E-state index contributed by atoms with van der Waals surface area (Å²) in [5.74, 6) is -0.243. The van der Waals surface area contributed by atoms with Crippen LogP contribution in [0.15, 0.2) is 24.3 Å². The van der Waals surface area contributed by atoms with E-state index in [4.69, 9.17) is 5.73 Å². The molecule has 0 saturated heterocycles. The molecule has 1 aromatic rings. The largest absolute Gasteiger partial charge is 0.349 e. The highest BCUT2D eigenvalue weighted by molar-refractivity contribution is 5.79. The first-order chi connectivity index (χ1) is 8.56. The van der Waals surface area contributed by atoms with Gasteiger partial charge in [-0.05, 0) is 43.9 Å². The Morgan fingerprint density at radius 3 is 2.89 bits per heavy atom. The Hall–Kier alpha value is -1.42. The van der Waals surface area contributed by atoms with Crippen LogP contribution in [0.4, 0.5) is 4.39 Å². The summed E-state index contributed by atoms with van der Waals surface area (Å²) in [7, 11) is 0. The molecular weight excluding hydrogens is 231 g/mol. The summed E-state index contributed by atoms with van der Waals surface area (Å²) < 4.78 is 13.1. The number of benzene rings is 1. The smallest absolute Gasteiger partial charge is 0.223 e. The average molecular weight is 250 g/mol. The van der Waals surface area contributed by atoms with Crippen molar-refractivity contribution < 1.29 is 9.18 Å². The lowest BCUT2D eigenvalue weighted by Gasteiger charge is -2.17. The van der Waals surface area contributed by atoms with Gasteiger partial charge in [0, 0.05) is 12.0 Å². The number of nitrogens with one attached hydrogen (secondary N) is 1. The van der Waals surface area contributed by atoms with Gasteiger partial charge in [-0.3, -0.25) is 4.79 Å². The van der Waals surface area contributed by atoms with Gasteiger partial charge in [-0.1, -0.05) is 12.1 Å². The highest BCUT2D eigenvalue weighted by Crippen LogP contribution is 2.25. The first-order valence-corrected chi connectivity index (χ1v) is 6.37. The summed E-state index contributed by atoms with van der Waals surface area (Å²) >= 11 is 0. The average Bonchev–Trinajstić information content (AvgIpc) is 2.76. The van der Waals surface area contributed by atoms with Crippen LogP contribution < -0.4 is 11.1 Å². The number of halogens is 1. The summed E-state index contributed by atoms with van der Waals surface area (Å²) in [5.41, 5.74) is 6.58. The Kier molecular flexibility index (Phi) is 3.97. The van der Waals surface area contributed by atoms with E-state index in [0.717, 1.165) is 24.8 Å². The molecule has 1 aliphatic carbocycles. The third-order valence-electron chi connectivity index (χ3n) is 3.55. The normalized spacial score (nSPS) is 24.8. The lowest BCUT2D eigenvalue weighted by Crippen LogP contribution is -2.32. The minimum absolute atomic E-state index is 0.0102. The van der Waals surface area contributed by atoms with Crippen LogP contribution in [0.2, 0.25) is 0 Å². The van der Waals surface area contributed by atoms with E-state index in [0.29, 0.717) is 0 Å². The van der Waals surface area contributed by atoms with Crippen LogP contribution in [0.25, 0.3) is 0 Å². The maximum Gasteiger partial charge on any atom is 0.223 e. The van der Waals surface area contributed by atoms with Gasteiger partial charge in [-0.2, -0.15) is 0 Å². The summed E-state index contributed by atoms with van der Waals surface area (Å²) in [6, 6.07) is 6.28. The fourth-order valence-corrected chi connectivity index (χ4v) is 2.45. The maximum atomic E-state index is 13.1. The Balaban J connectivity index is 1.95. The van der Waals surface area contributed by atoms with Crippen molar-refractivity contribution in [2.45, 2.75) is 38.3 Å². The van der Waals surface area contributed by atoms with Gasteiger partial charge in [0.05, 0.1) is 6.04 Å². The Morgan fingerprint density at radius 1 is 1.50 bits per heavy atom. The van der Waals surface area contributed by atoms with Gasteiger partial charge < -0.3 is 11.1 Å². The van der Waals surface area contributed by atoms with Crippen LogP contribution >= 0.6 is 0 Å². The molecule has 2 rings (SSSR count). The van der Waals surface area contributed by atoms with Gasteiger partial charge in [0.25, 0.3) is 0 Å². The van der Waals surface area contributed by atoms with Crippen LogP contribution in [0.5, 0.6) is 0 Å². The third kappa shape index (κ3) is 3.07. The molecule has 0 bridgehead atoms. The SMILES string of the molecule is CC(NC(=O)C1CCC(N)C1)c1cccc(F)c1. The van der Waals surface area contributed by atoms with E-state index in [1.165, 1.54) is 12.1 Å². The van der Waals surface area contributed by atoms with Gasteiger partial charge in [-0.25, -0.2) is 4.39 Å². The predicted molar refractivity (Wildman–Crippen MR) is 68.3 cm³/mol. The molecule has 3 N–H and O–H groups in total. The number of hydrogen-bond acceptors (Lipinski definition) is 2. The van der Waals surface area contributed by atoms with Crippen molar-refractivity contribution in [3.63, 3.8) is 0 Å². The third-order valence-corrected chi connectivity index (χ3v) is 3.55. The van der Waals surface area contributed by atoms with Crippen molar-refractivity contribution in [3.05, 3.63) is 35.6 Å². The molecule has 0 aromatic heterocycles. The fraction of sp³-hybridized carbons (Fsp3) is 0.500. The number of amides is 1. The molecule has 4 heteroatoms. The zero-order valence-corrected chi connectivity index (χ0v) is 10.5. The highest BCUT2D eigenvalue weighted by atomic mass is 19.1. The van der Waals surface area contributed by atoms with E-state index >= 15 is 0 Å². The zero-order valence-electron chi connectivity index (χ0n) is 10.5. The van der Waals surface area contributed by atoms with Crippen LogP contribution in [-0.2, 0) is 4.79 Å². The quantitative estimate of drug-likeness (QED) is 0.863. The topological polar surface area (TPSA) is 55.1 Å². The van der Waals surface area contributed by atoms with E-state index < -0.39 is 0 Å². The molecule has 98 valence electrons. The van der Waals surface area contributed by atoms with E-state index in [2.05, 4.69) is 5.32 Å². The van der Waals surface area contributed by atoms with Crippen molar-refractivity contribution in [1.29, 1.82) is 0 Å².